The number of esters is 1. The van der Waals surface area contributed by atoms with Crippen molar-refractivity contribution >= 4 is 12.0 Å². The minimum atomic E-state index is -0.359. The van der Waals surface area contributed by atoms with Gasteiger partial charge in [-0.2, -0.15) is 0 Å². The van der Waals surface area contributed by atoms with E-state index in [1.807, 2.05) is 54.6 Å². The fourth-order valence-electron chi connectivity index (χ4n) is 2.85. The zero-order chi connectivity index (χ0) is 21.2. The molecule has 0 unspecified atom stereocenters. The lowest BCUT2D eigenvalue weighted by molar-refractivity contribution is 0.0511. The standard InChI is InChI=1S/C26H22O4/c1-28-19-30-24-12-7-11-23(18-24)25-13-6-5-10-21(25)9-4-3-8-20-14-16-22(17-15-20)26(27)29-2/h4-7,9-18H,19H2,1-2H3/b9-4+. The maximum atomic E-state index is 11.5. The maximum Gasteiger partial charge on any atom is 0.337 e. The van der Waals surface area contributed by atoms with Crippen LogP contribution in [0.2, 0.25) is 0 Å². The smallest absolute Gasteiger partial charge is 0.337 e. The quantitative estimate of drug-likeness (QED) is 0.326. The summed E-state index contributed by atoms with van der Waals surface area (Å²) in [6.07, 6.45) is 3.80. The second kappa shape index (κ2) is 10.7. The van der Waals surface area contributed by atoms with Crippen molar-refractivity contribution < 1.29 is 19.0 Å². The highest BCUT2D eigenvalue weighted by Gasteiger charge is 2.04. The van der Waals surface area contributed by atoms with Crippen molar-refractivity contribution in [2.45, 2.75) is 0 Å². The molecule has 0 atom stereocenters. The Balaban J connectivity index is 1.77. The topological polar surface area (TPSA) is 44.8 Å². The predicted molar refractivity (Wildman–Crippen MR) is 118 cm³/mol. The molecule has 0 saturated heterocycles. The Hall–Kier alpha value is -3.81. The first-order chi connectivity index (χ1) is 14.7. The summed E-state index contributed by atoms with van der Waals surface area (Å²) in [5.41, 5.74) is 4.51. The number of rotatable bonds is 6. The van der Waals surface area contributed by atoms with Crippen LogP contribution in [0.25, 0.3) is 17.2 Å². The van der Waals surface area contributed by atoms with Gasteiger partial charge in [0.2, 0.25) is 0 Å². The molecule has 150 valence electrons. The fourth-order valence-corrected chi connectivity index (χ4v) is 2.85. The SMILES string of the molecule is COCOc1cccc(-c2ccccc2/C=C/C#Cc2ccc(C(=O)OC)cc2)c1. The number of benzene rings is 3. The number of ether oxygens (including phenoxy) is 3. The molecule has 0 bridgehead atoms. The van der Waals surface area contributed by atoms with Gasteiger partial charge < -0.3 is 14.2 Å². The largest absolute Gasteiger partial charge is 0.468 e. The van der Waals surface area contributed by atoms with Crippen LogP contribution in [-0.4, -0.2) is 27.0 Å². The highest BCUT2D eigenvalue weighted by atomic mass is 16.7. The van der Waals surface area contributed by atoms with E-state index in [-0.39, 0.29) is 12.8 Å². The molecule has 0 amide bonds. The maximum absolute atomic E-state index is 11.5. The van der Waals surface area contributed by atoms with Crippen LogP contribution in [0.15, 0.2) is 78.9 Å². The van der Waals surface area contributed by atoms with E-state index in [1.165, 1.54) is 7.11 Å². The highest BCUT2D eigenvalue weighted by molar-refractivity contribution is 5.89. The van der Waals surface area contributed by atoms with E-state index < -0.39 is 0 Å². The predicted octanol–water partition coefficient (Wildman–Crippen LogP) is 5.19. The van der Waals surface area contributed by atoms with Gasteiger partial charge in [-0.1, -0.05) is 48.2 Å². The molecule has 0 heterocycles. The number of carbonyl (C=O) groups is 1. The summed E-state index contributed by atoms with van der Waals surface area (Å²) in [5, 5.41) is 0. The van der Waals surface area contributed by atoms with E-state index in [0.717, 1.165) is 28.0 Å². The second-order valence-corrected chi connectivity index (χ2v) is 6.34. The average molecular weight is 398 g/mol. The Morgan fingerprint density at radius 3 is 2.53 bits per heavy atom. The highest BCUT2D eigenvalue weighted by Crippen LogP contribution is 2.27. The molecule has 30 heavy (non-hydrogen) atoms. The molecule has 0 radical (unpaired) electrons. The van der Waals surface area contributed by atoms with E-state index in [0.29, 0.717) is 5.56 Å². The monoisotopic (exact) mass is 398 g/mol. The molecule has 0 aliphatic rings. The third-order valence-electron chi connectivity index (χ3n) is 4.32. The molecule has 3 rings (SSSR count). The van der Waals surface area contributed by atoms with Gasteiger partial charge in [-0.05, 0) is 65.2 Å². The third kappa shape index (κ3) is 5.60. The van der Waals surface area contributed by atoms with Gasteiger partial charge in [-0.25, -0.2) is 4.79 Å². The summed E-state index contributed by atoms with van der Waals surface area (Å²) >= 11 is 0. The lowest BCUT2D eigenvalue weighted by Gasteiger charge is -2.09. The van der Waals surface area contributed by atoms with Crippen LogP contribution in [0, 0.1) is 11.8 Å². The van der Waals surface area contributed by atoms with E-state index in [4.69, 9.17) is 14.2 Å². The van der Waals surface area contributed by atoms with E-state index in [9.17, 15) is 4.79 Å². The molecule has 3 aromatic carbocycles. The van der Waals surface area contributed by atoms with Crippen molar-refractivity contribution in [3.05, 3.63) is 95.6 Å². The zero-order valence-electron chi connectivity index (χ0n) is 16.9. The van der Waals surface area contributed by atoms with Crippen LogP contribution < -0.4 is 4.74 Å². The summed E-state index contributed by atoms with van der Waals surface area (Å²) in [5.74, 6) is 6.51. The Bertz CT molecular complexity index is 1090. The van der Waals surface area contributed by atoms with Crippen molar-refractivity contribution in [1.82, 2.24) is 0 Å². The van der Waals surface area contributed by atoms with Gasteiger partial charge in [0, 0.05) is 12.7 Å². The zero-order valence-corrected chi connectivity index (χ0v) is 16.9. The lowest BCUT2D eigenvalue weighted by Crippen LogP contribution is -2.00. The molecule has 0 saturated carbocycles. The van der Waals surface area contributed by atoms with Gasteiger partial charge in [0.1, 0.15) is 5.75 Å². The first-order valence-corrected chi connectivity index (χ1v) is 9.39. The molecular weight excluding hydrogens is 376 g/mol. The van der Waals surface area contributed by atoms with Gasteiger partial charge in [-0.15, -0.1) is 0 Å². The fraction of sp³-hybridized carbons (Fsp3) is 0.115. The van der Waals surface area contributed by atoms with Crippen LogP contribution in [0.3, 0.4) is 0 Å². The average Bonchev–Trinajstić information content (AvgIpc) is 2.81. The lowest BCUT2D eigenvalue weighted by atomic mass is 9.99. The number of allylic oxidation sites excluding steroid dienone is 1. The number of carbonyl (C=O) groups excluding carboxylic acids is 1. The Morgan fingerprint density at radius 2 is 1.77 bits per heavy atom. The summed E-state index contributed by atoms with van der Waals surface area (Å²) in [6.45, 7) is 0.210. The minimum Gasteiger partial charge on any atom is -0.468 e. The normalized spacial score (nSPS) is 10.3. The number of hydrogen-bond donors (Lipinski definition) is 0. The van der Waals surface area contributed by atoms with Crippen LogP contribution in [0.4, 0.5) is 0 Å². The Kier molecular flexibility index (Phi) is 7.43. The van der Waals surface area contributed by atoms with E-state index in [2.05, 4.69) is 17.9 Å². The molecule has 0 aromatic heterocycles. The Morgan fingerprint density at radius 1 is 0.967 bits per heavy atom. The molecule has 4 heteroatoms. The first-order valence-electron chi connectivity index (χ1n) is 9.39. The van der Waals surface area contributed by atoms with Crippen molar-refractivity contribution in [1.29, 1.82) is 0 Å². The van der Waals surface area contributed by atoms with Gasteiger partial charge in [-0.3, -0.25) is 0 Å². The molecule has 3 aromatic rings. The third-order valence-corrected chi connectivity index (χ3v) is 4.32. The second-order valence-electron chi connectivity index (χ2n) is 6.34. The van der Waals surface area contributed by atoms with Crippen molar-refractivity contribution in [3.63, 3.8) is 0 Å². The number of hydrogen-bond acceptors (Lipinski definition) is 4. The van der Waals surface area contributed by atoms with Crippen LogP contribution in [0.5, 0.6) is 5.75 Å². The molecule has 0 aliphatic heterocycles. The van der Waals surface area contributed by atoms with Crippen molar-refractivity contribution in [2.24, 2.45) is 0 Å². The first kappa shape index (κ1) is 20.9. The summed E-state index contributed by atoms with van der Waals surface area (Å²) in [6, 6.07) is 23.0. The van der Waals surface area contributed by atoms with E-state index in [1.54, 1.807) is 31.4 Å². The molecule has 0 fully saturated rings. The van der Waals surface area contributed by atoms with Crippen molar-refractivity contribution in [2.75, 3.05) is 21.0 Å². The molecular formula is C26H22O4. The summed E-state index contributed by atoms with van der Waals surface area (Å²) in [7, 11) is 2.96. The summed E-state index contributed by atoms with van der Waals surface area (Å²) < 4.78 is 15.2. The van der Waals surface area contributed by atoms with Crippen LogP contribution in [0.1, 0.15) is 21.5 Å². The Labute approximate surface area is 176 Å². The molecule has 4 nitrogen and oxygen atoms in total. The van der Waals surface area contributed by atoms with Crippen molar-refractivity contribution in [3.8, 4) is 28.7 Å². The molecule has 0 N–H and O–H groups in total. The molecule has 0 aliphatic carbocycles. The summed E-state index contributed by atoms with van der Waals surface area (Å²) in [4.78, 5) is 11.5. The molecule has 0 spiro atoms. The minimum absolute atomic E-state index is 0.210. The van der Waals surface area contributed by atoms with Gasteiger partial charge in [0.05, 0.1) is 12.7 Å². The van der Waals surface area contributed by atoms with E-state index >= 15 is 0 Å². The van der Waals surface area contributed by atoms with Crippen LogP contribution in [-0.2, 0) is 9.47 Å². The van der Waals surface area contributed by atoms with Crippen LogP contribution >= 0.6 is 0 Å². The van der Waals surface area contributed by atoms with Gasteiger partial charge >= 0.3 is 5.97 Å². The number of methoxy groups -OCH3 is 2. The van der Waals surface area contributed by atoms with Gasteiger partial charge in [0.15, 0.2) is 6.79 Å². The van der Waals surface area contributed by atoms with Gasteiger partial charge in [0.25, 0.3) is 0 Å².